The minimum absolute atomic E-state index is 0. The van der Waals surface area contributed by atoms with Crippen LogP contribution >= 0.6 is 24.0 Å². The molecule has 0 aromatic carbocycles. The Kier molecular flexibility index (Phi) is 12.8. The first-order valence-corrected chi connectivity index (χ1v) is 10.3. The van der Waals surface area contributed by atoms with Crippen LogP contribution in [0, 0.1) is 0 Å². The van der Waals surface area contributed by atoms with Crippen molar-refractivity contribution < 1.29 is 26.3 Å². The number of unbranched alkanes of at least 4 members (excludes halogenated alkanes) is 1. The minimum atomic E-state index is -5.24. The number of aliphatic imine (C=N–C) groups is 1. The van der Waals surface area contributed by atoms with Crippen LogP contribution in [0.25, 0.3) is 0 Å². The molecule has 0 saturated carbocycles. The topological polar surface area (TPSA) is 83.0 Å². The van der Waals surface area contributed by atoms with Crippen LogP contribution in [0.2, 0.25) is 0 Å². The first-order chi connectivity index (χ1) is 12.2. The zero-order valence-electron chi connectivity index (χ0n) is 15.7. The second-order valence-corrected chi connectivity index (χ2v) is 7.86. The van der Waals surface area contributed by atoms with E-state index in [-0.39, 0.29) is 43.1 Å². The summed E-state index contributed by atoms with van der Waals surface area (Å²) in [4.78, 5) is 4.44. The van der Waals surface area contributed by atoms with E-state index in [2.05, 4.69) is 15.6 Å². The number of guanidine groups is 1. The highest BCUT2D eigenvalue weighted by Gasteiger charge is 2.50. The molecule has 7 nitrogen and oxygen atoms in total. The lowest BCUT2D eigenvalue weighted by atomic mass is 10.1. The molecular formula is C15H30F3IN4O3S. The average molecular weight is 530 g/mol. The van der Waals surface area contributed by atoms with Crippen molar-refractivity contribution in [3.8, 4) is 0 Å². The number of halogens is 4. The molecule has 2 N–H and O–H groups in total. The Balaban J connectivity index is 0.00000676. The van der Waals surface area contributed by atoms with Gasteiger partial charge in [-0.05, 0) is 39.5 Å². The Hall–Kier alpha value is -0.340. The van der Waals surface area contributed by atoms with E-state index < -0.39 is 15.5 Å². The number of nitrogens with zero attached hydrogens (tertiary/aromatic N) is 2. The van der Waals surface area contributed by atoms with E-state index >= 15 is 0 Å². The van der Waals surface area contributed by atoms with E-state index in [1.807, 2.05) is 13.8 Å². The van der Waals surface area contributed by atoms with Gasteiger partial charge in [0.2, 0.25) is 0 Å². The molecule has 1 aliphatic rings. The highest BCUT2D eigenvalue weighted by Crippen LogP contribution is 2.28. The van der Waals surface area contributed by atoms with Crippen LogP contribution in [0.5, 0.6) is 0 Å². The Morgan fingerprint density at radius 3 is 2.37 bits per heavy atom. The molecule has 1 saturated heterocycles. The summed E-state index contributed by atoms with van der Waals surface area (Å²) in [6.45, 7) is 6.20. The van der Waals surface area contributed by atoms with Gasteiger partial charge in [0, 0.05) is 45.4 Å². The molecule has 1 heterocycles. The summed E-state index contributed by atoms with van der Waals surface area (Å²) in [5, 5.41) is 6.27. The monoisotopic (exact) mass is 530 g/mol. The standard InChI is InChI=1S/C15H29F3N4O3S.HI/c1-3-19-14(20-9-5-6-12-25-4-2)21-13-7-10-22(11-8-13)26(23,24)15(16,17)18;/h13H,3-12H2,1-2H3,(H2,19,20,21);1H. The van der Waals surface area contributed by atoms with Crippen LogP contribution in [-0.2, 0) is 14.8 Å². The second-order valence-electron chi connectivity index (χ2n) is 5.93. The van der Waals surface area contributed by atoms with Crippen molar-refractivity contribution in [2.45, 2.75) is 51.1 Å². The summed E-state index contributed by atoms with van der Waals surface area (Å²) in [6, 6.07) is -0.115. The lowest BCUT2D eigenvalue weighted by Crippen LogP contribution is -2.51. The van der Waals surface area contributed by atoms with Crippen LogP contribution in [0.3, 0.4) is 0 Å². The molecule has 0 aliphatic carbocycles. The quantitative estimate of drug-likeness (QED) is 0.207. The Bertz CT molecular complexity index is 539. The average Bonchev–Trinajstić information content (AvgIpc) is 2.57. The normalized spacial score (nSPS) is 17.4. The predicted octanol–water partition coefficient (Wildman–Crippen LogP) is 2.29. The molecule has 12 heteroatoms. The highest BCUT2D eigenvalue weighted by atomic mass is 127. The smallest absolute Gasteiger partial charge is 0.382 e. The van der Waals surface area contributed by atoms with Crippen LogP contribution in [0.1, 0.15) is 39.5 Å². The van der Waals surface area contributed by atoms with Crippen LogP contribution in [0.4, 0.5) is 13.2 Å². The summed E-state index contributed by atoms with van der Waals surface area (Å²) in [5.41, 5.74) is -5.24. The molecule has 0 unspecified atom stereocenters. The molecule has 27 heavy (non-hydrogen) atoms. The lowest BCUT2D eigenvalue weighted by Gasteiger charge is -2.32. The second kappa shape index (κ2) is 13.0. The van der Waals surface area contributed by atoms with E-state index in [1.54, 1.807) is 0 Å². The summed E-state index contributed by atoms with van der Waals surface area (Å²) in [5.74, 6) is 0.598. The first kappa shape index (κ1) is 26.7. The van der Waals surface area contributed by atoms with Crippen molar-refractivity contribution in [2.24, 2.45) is 4.99 Å². The fourth-order valence-corrected chi connectivity index (χ4v) is 3.54. The molecule has 0 radical (unpaired) electrons. The Morgan fingerprint density at radius 2 is 1.85 bits per heavy atom. The summed E-state index contributed by atoms with van der Waals surface area (Å²) in [7, 11) is -5.24. The number of nitrogens with one attached hydrogen (secondary N) is 2. The van der Waals surface area contributed by atoms with Gasteiger partial charge in [-0.3, -0.25) is 4.99 Å². The van der Waals surface area contributed by atoms with E-state index in [0.717, 1.165) is 12.8 Å². The van der Waals surface area contributed by atoms with Gasteiger partial charge in [-0.2, -0.15) is 17.5 Å². The van der Waals surface area contributed by atoms with Crippen molar-refractivity contribution in [1.82, 2.24) is 14.9 Å². The molecule has 0 aromatic heterocycles. The van der Waals surface area contributed by atoms with E-state index in [9.17, 15) is 21.6 Å². The predicted molar refractivity (Wildman–Crippen MR) is 110 cm³/mol. The molecule has 0 spiro atoms. The van der Waals surface area contributed by atoms with Gasteiger partial charge >= 0.3 is 15.5 Å². The maximum Gasteiger partial charge on any atom is 0.511 e. The Morgan fingerprint density at radius 1 is 1.22 bits per heavy atom. The third-order valence-corrected chi connectivity index (χ3v) is 5.57. The van der Waals surface area contributed by atoms with Gasteiger partial charge in [0.15, 0.2) is 5.96 Å². The summed E-state index contributed by atoms with van der Waals surface area (Å²) in [6.07, 6.45) is 2.37. The highest BCUT2D eigenvalue weighted by molar-refractivity contribution is 14.0. The summed E-state index contributed by atoms with van der Waals surface area (Å²) < 4.78 is 66.4. The maximum absolute atomic E-state index is 12.6. The molecule has 1 fully saturated rings. The number of alkyl halides is 3. The minimum Gasteiger partial charge on any atom is -0.382 e. The van der Waals surface area contributed by atoms with Gasteiger partial charge in [-0.15, -0.1) is 24.0 Å². The molecule has 1 rings (SSSR count). The molecule has 0 aromatic rings. The van der Waals surface area contributed by atoms with Gasteiger partial charge in [-0.1, -0.05) is 0 Å². The first-order valence-electron chi connectivity index (χ1n) is 8.91. The molecule has 0 atom stereocenters. The fraction of sp³-hybridized carbons (Fsp3) is 0.933. The van der Waals surface area contributed by atoms with Gasteiger partial charge in [0.05, 0.1) is 0 Å². The molecule has 0 bridgehead atoms. The number of hydrogen-bond acceptors (Lipinski definition) is 4. The largest absolute Gasteiger partial charge is 0.511 e. The Labute approximate surface area is 176 Å². The van der Waals surface area contributed by atoms with Crippen LogP contribution in [0.15, 0.2) is 4.99 Å². The zero-order valence-corrected chi connectivity index (χ0v) is 18.9. The van der Waals surface area contributed by atoms with E-state index in [4.69, 9.17) is 4.74 Å². The lowest BCUT2D eigenvalue weighted by molar-refractivity contribution is -0.0494. The van der Waals surface area contributed by atoms with Crippen LogP contribution in [-0.4, -0.2) is 69.6 Å². The van der Waals surface area contributed by atoms with Gasteiger partial charge in [0.1, 0.15) is 0 Å². The van der Waals surface area contributed by atoms with Crippen molar-refractivity contribution in [2.75, 3.05) is 39.4 Å². The third kappa shape index (κ3) is 9.13. The van der Waals surface area contributed by atoms with E-state index in [0.29, 0.717) is 49.4 Å². The maximum atomic E-state index is 12.6. The van der Waals surface area contributed by atoms with Gasteiger partial charge in [-0.25, -0.2) is 8.42 Å². The van der Waals surface area contributed by atoms with Gasteiger partial charge < -0.3 is 15.4 Å². The van der Waals surface area contributed by atoms with E-state index in [1.165, 1.54) is 0 Å². The van der Waals surface area contributed by atoms with Crippen molar-refractivity contribution in [1.29, 1.82) is 0 Å². The van der Waals surface area contributed by atoms with Crippen LogP contribution < -0.4 is 10.6 Å². The zero-order chi connectivity index (χ0) is 19.6. The molecule has 1 aliphatic heterocycles. The SMILES string of the molecule is CCNC(=NCCCCOCC)NC1CCN(S(=O)(=O)C(F)(F)F)CC1.I. The molecule has 0 amide bonds. The van der Waals surface area contributed by atoms with Crippen molar-refractivity contribution in [3.63, 3.8) is 0 Å². The van der Waals surface area contributed by atoms with Crippen molar-refractivity contribution in [3.05, 3.63) is 0 Å². The number of ether oxygens (including phenoxy) is 1. The number of piperidine rings is 1. The summed E-state index contributed by atoms with van der Waals surface area (Å²) >= 11 is 0. The fourth-order valence-electron chi connectivity index (χ4n) is 2.55. The molecule has 162 valence electrons. The third-order valence-electron chi connectivity index (χ3n) is 3.94. The number of hydrogen-bond donors (Lipinski definition) is 2. The van der Waals surface area contributed by atoms with Crippen molar-refractivity contribution >= 4 is 40.0 Å². The molecular weight excluding hydrogens is 500 g/mol. The number of rotatable bonds is 9. The van der Waals surface area contributed by atoms with Gasteiger partial charge in [0.25, 0.3) is 0 Å². The number of sulfonamides is 1.